The maximum Gasteiger partial charge on any atom is 0.278 e. The van der Waals surface area contributed by atoms with Gasteiger partial charge < -0.3 is 24.3 Å². The molecule has 8 nitrogen and oxygen atoms in total. The Kier molecular flexibility index (Phi) is 4.04. The van der Waals surface area contributed by atoms with Gasteiger partial charge in [0.15, 0.2) is 23.0 Å². The third-order valence-corrected chi connectivity index (χ3v) is 4.73. The number of hydrogen-bond donors (Lipinski definition) is 1. The number of rotatable bonds is 4. The summed E-state index contributed by atoms with van der Waals surface area (Å²) in [6, 6.07) is 6.56. The van der Waals surface area contributed by atoms with Crippen LogP contribution in [0, 0.1) is 10.1 Å². The number of ether oxygens (including phenoxy) is 4. The molecule has 0 aliphatic carbocycles. The van der Waals surface area contributed by atoms with Crippen LogP contribution in [0.2, 0.25) is 0 Å². The molecule has 4 rings (SSSR count). The van der Waals surface area contributed by atoms with Gasteiger partial charge in [0.05, 0.1) is 36.8 Å². The lowest BCUT2D eigenvalue weighted by molar-refractivity contribution is -0.385. The molecule has 136 valence electrons. The standard InChI is InChI=1S/C18H18N2O6/c1-23-14-7-12(13(20(21)22)8-15(14)24-2)18-11-6-17-16(25-9-26-17)5-10(11)3-4-19-18/h5-8,18-19H,3-4,9H2,1-2H3. The highest BCUT2D eigenvalue weighted by atomic mass is 16.7. The Balaban J connectivity index is 1.88. The van der Waals surface area contributed by atoms with Crippen molar-refractivity contribution in [2.45, 2.75) is 12.5 Å². The van der Waals surface area contributed by atoms with Crippen LogP contribution in [0.15, 0.2) is 24.3 Å². The molecule has 2 aliphatic rings. The predicted octanol–water partition coefficient (Wildman–Crippen LogP) is 2.58. The van der Waals surface area contributed by atoms with E-state index in [1.165, 1.54) is 20.3 Å². The molecule has 1 unspecified atom stereocenters. The predicted molar refractivity (Wildman–Crippen MR) is 92.3 cm³/mol. The van der Waals surface area contributed by atoms with Crippen molar-refractivity contribution in [2.75, 3.05) is 27.6 Å². The van der Waals surface area contributed by atoms with Gasteiger partial charge in [0.25, 0.3) is 5.69 Å². The minimum absolute atomic E-state index is 0.0225. The topological polar surface area (TPSA) is 92.1 Å². The fourth-order valence-corrected chi connectivity index (χ4v) is 3.50. The zero-order valence-electron chi connectivity index (χ0n) is 14.4. The molecule has 0 fully saturated rings. The Morgan fingerprint density at radius 1 is 1.08 bits per heavy atom. The first-order chi connectivity index (χ1) is 12.6. The summed E-state index contributed by atoms with van der Waals surface area (Å²) in [5.41, 5.74) is 2.52. The molecule has 26 heavy (non-hydrogen) atoms. The highest BCUT2D eigenvalue weighted by Crippen LogP contribution is 2.44. The summed E-state index contributed by atoms with van der Waals surface area (Å²) in [6.07, 6.45) is 0.809. The molecule has 0 spiro atoms. The average Bonchev–Trinajstić information content (AvgIpc) is 3.11. The number of benzene rings is 2. The quantitative estimate of drug-likeness (QED) is 0.663. The highest BCUT2D eigenvalue weighted by molar-refractivity contribution is 5.60. The van der Waals surface area contributed by atoms with Crippen molar-refractivity contribution in [3.63, 3.8) is 0 Å². The summed E-state index contributed by atoms with van der Waals surface area (Å²) in [4.78, 5) is 11.3. The third-order valence-electron chi connectivity index (χ3n) is 4.73. The first-order valence-corrected chi connectivity index (χ1v) is 8.18. The van der Waals surface area contributed by atoms with Crippen LogP contribution in [0.1, 0.15) is 22.7 Å². The zero-order chi connectivity index (χ0) is 18.3. The number of fused-ring (bicyclic) bond motifs is 2. The molecule has 1 N–H and O–H groups in total. The Labute approximate surface area is 149 Å². The number of methoxy groups -OCH3 is 2. The fourth-order valence-electron chi connectivity index (χ4n) is 3.50. The SMILES string of the molecule is COc1cc(C2NCCc3cc4c(cc32)OCO4)c([N+](=O)[O-])cc1OC. The largest absolute Gasteiger partial charge is 0.493 e. The summed E-state index contributed by atoms with van der Waals surface area (Å²) in [6.45, 7) is 0.885. The van der Waals surface area contributed by atoms with Crippen molar-refractivity contribution in [2.24, 2.45) is 0 Å². The third kappa shape index (κ3) is 2.59. The smallest absolute Gasteiger partial charge is 0.278 e. The van der Waals surface area contributed by atoms with Crippen LogP contribution < -0.4 is 24.3 Å². The lowest BCUT2D eigenvalue weighted by Gasteiger charge is -2.28. The molecule has 1 atom stereocenters. The van der Waals surface area contributed by atoms with Gasteiger partial charge in [0.1, 0.15) is 0 Å². The molecular formula is C18H18N2O6. The van der Waals surface area contributed by atoms with Gasteiger partial charge in [-0.15, -0.1) is 0 Å². The van der Waals surface area contributed by atoms with Crippen molar-refractivity contribution in [1.29, 1.82) is 0 Å². The van der Waals surface area contributed by atoms with E-state index in [0.717, 1.165) is 17.5 Å². The van der Waals surface area contributed by atoms with Crippen LogP contribution in [0.5, 0.6) is 23.0 Å². The molecule has 0 aromatic heterocycles. The summed E-state index contributed by atoms with van der Waals surface area (Å²) in [5.74, 6) is 2.14. The second-order valence-electron chi connectivity index (χ2n) is 6.06. The Morgan fingerprint density at radius 2 is 1.77 bits per heavy atom. The van der Waals surface area contributed by atoms with Gasteiger partial charge >= 0.3 is 0 Å². The lowest BCUT2D eigenvalue weighted by atomic mass is 9.88. The zero-order valence-corrected chi connectivity index (χ0v) is 14.4. The van der Waals surface area contributed by atoms with Gasteiger partial charge in [-0.25, -0.2) is 0 Å². The first-order valence-electron chi connectivity index (χ1n) is 8.18. The molecule has 2 aromatic carbocycles. The monoisotopic (exact) mass is 358 g/mol. The van der Waals surface area contributed by atoms with Crippen molar-refractivity contribution >= 4 is 5.69 Å². The van der Waals surface area contributed by atoms with Crippen LogP contribution in [-0.2, 0) is 6.42 Å². The van der Waals surface area contributed by atoms with E-state index in [1.807, 2.05) is 12.1 Å². The van der Waals surface area contributed by atoms with Gasteiger partial charge in [-0.1, -0.05) is 0 Å². The van der Waals surface area contributed by atoms with E-state index in [2.05, 4.69) is 5.32 Å². The van der Waals surface area contributed by atoms with E-state index in [0.29, 0.717) is 35.1 Å². The Hall–Kier alpha value is -3.00. The van der Waals surface area contributed by atoms with Crippen LogP contribution in [0.25, 0.3) is 0 Å². The minimum Gasteiger partial charge on any atom is -0.493 e. The molecule has 8 heteroatoms. The molecule has 2 heterocycles. The van der Waals surface area contributed by atoms with E-state index in [9.17, 15) is 10.1 Å². The highest BCUT2D eigenvalue weighted by Gasteiger charge is 2.31. The Morgan fingerprint density at radius 3 is 2.46 bits per heavy atom. The van der Waals surface area contributed by atoms with Crippen molar-refractivity contribution in [1.82, 2.24) is 5.32 Å². The second kappa shape index (κ2) is 6.38. The van der Waals surface area contributed by atoms with E-state index < -0.39 is 4.92 Å². The maximum absolute atomic E-state index is 11.7. The van der Waals surface area contributed by atoms with Crippen molar-refractivity contribution in [3.8, 4) is 23.0 Å². The molecule has 0 bridgehead atoms. The van der Waals surface area contributed by atoms with Crippen molar-refractivity contribution < 1.29 is 23.9 Å². The first kappa shape index (κ1) is 16.5. The molecule has 0 saturated carbocycles. The minimum atomic E-state index is -0.403. The summed E-state index contributed by atoms with van der Waals surface area (Å²) in [5, 5.41) is 15.0. The van der Waals surface area contributed by atoms with Gasteiger partial charge in [0, 0.05) is 6.54 Å². The second-order valence-corrected chi connectivity index (χ2v) is 6.06. The van der Waals surface area contributed by atoms with E-state index in [4.69, 9.17) is 18.9 Å². The number of nitrogens with zero attached hydrogens (tertiary/aromatic N) is 1. The fraction of sp³-hybridized carbons (Fsp3) is 0.333. The van der Waals surface area contributed by atoms with Crippen LogP contribution in [-0.4, -0.2) is 32.5 Å². The van der Waals surface area contributed by atoms with Crippen LogP contribution in [0.4, 0.5) is 5.69 Å². The number of nitro benzene ring substituents is 1. The average molecular weight is 358 g/mol. The molecule has 0 radical (unpaired) electrons. The molecule has 2 aliphatic heterocycles. The normalized spacial score (nSPS) is 17.5. The summed E-state index contributed by atoms with van der Waals surface area (Å²) < 4.78 is 21.5. The van der Waals surface area contributed by atoms with Gasteiger partial charge in [0.2, 0.25) is 6.79 Å². The van der Waals surface area contributed by atoms with E-state index >= 15 is 0 Å². The van der Waals surface area contributed by atoms with Gasteiger partial charge in [-0.3, -0.25) is 10.1 Å². The lowest BCUT2D eigenvalue weighted by Crippen LogP contribution is -2.31. The number of nitrogens with one attached hydrogen (secondary N) is 1. The van der Waals surface area contributed by atoms with Gasteiger partial charge in [-0.2, -0.15) is 0 Å². The van der Waals surface area contributed by atoms with Crippen LogP contribution in [0.3, 0.4) is 0 Å². The Bertz CT molecular complexity index is 882. The molecule has 0 amide bonds. The number of hydrogen-bond acceptors (Lipinski definition) is 7. The summed E-state index contributed by atoms with van der Waals surface area (Å²) >= 11 is 0. The molecular weight excluding hydrogens is 340 g/mol. The number of nitro groups is 1. The molecule has 0 saturated heterocycles. The van der Waals surface area contributed by atoms with E-state index in [1.54, 1.807) is 6.07 Å². The van der Waals surface area contributed by atoms with E-state index in [-0.39, 0.29) is 18.5 Å². The van der Waals surface area contributed by atoms with Gasteiger partial charge in [-0.05, 0) is 35.7 Å². The maximum atomic E-state index is 11.7. The summed E-state index contributed by atoms with van der Waals surface area (Å²) in [7, 11) is 2.96. The molecule has 2 aromatic rings. The van der Waals surface area contributed by atoms with Crippen LogP contribution >= 0.6 is 0 Å². The van der Waals surface area contributed by atoms with Crippen molar-refractivity contribution in [3.05, 3.63) is 51.1 Å².